The van der Waals surface area contributed by atoms with Crippen LogP contribution in [0.1, 0.15) is 190 Å². The number of sulfonamides is 1. The number of aliphatic carboxylic acids is 2. The van der Waals surface area contributed by atoms with Crippen LogP contribution in [0.3, 0.4) is 0 Å². The number of aromatic nitrogens is 4. The molecule has 6 aliphatic heterocycles. The van der Waals surface area contributed by atoms with E-state index < -0.39 is 117 Å². The molecule has 8 aromatic rings. The van der Waals surface area contributed by atoms with Crippen molar-refractivity contribution in [2.24, 2.45) is 23.7 Å². The summed E-state index contributed by atoms with van der Waals surface area (Å²) in [5.74, 6) is -2.91. The SMILES string of the molecule is COc1ccc2c(O[C@@H]3C[C@H]4C(=O)N[C@]5(C(=O)O)CC5/C=C\CCCCC[C@H](NC(=O)N[C@H](CN5CCc6ccccc6C5=O)C5CCC5)C(=O)N4C3)cc(-c3csc(NC(C)C)n3)nc2c1.COc1ccc2c(O[C@@H]3C[C@H]4C(=O)N[C@]5(C(=O)O)CC5/C=C\CCCCC[C@H](NC(=O)N[C@H](CN5Cc6sccc6S5(=O)=O)C5CCCCC5)C(=O)N4C3)cc(-c3csc(NC(C)C)n3)nc2c1. The number of urea groups is 2. The fraction of sp³-hybridized carbons (Fsp3) is 0.520. The Bertz CT molecular complexity index is 5950. The molecule has 10 N–H and O–H groups in total. The number of benzene rings is 3. The number of fused-ring (bicyclic) bond motifs is 8. The van der Waals surface area contributed by atoms with Gasteiger partial charge in [-0.15, -0.1) is 34.0 Å². The molecule has 10 aliphatic rings. The first-order valence-corrected chi connectivity index (χ1v) is 51.6. The molecule has 18 rings (SSSR count). The smallest absolute Gasteiger partial charge is 0.330 e. The van der Waals surface area contributed by atoms with E-state index in [1.807, 2.05) is 122 Å². The zero-order valence-corrected chi connectivity index (χ0v) is 80.1. The number of amides is 9. The molecular weight excluding hydrogens is 1800 g/mol. The van der Waals surface area contributed by atoms with Crippen LogP contribution < -0.4 is 61.5 Å². The second kappa shape index (κ2) is 41.2. The maximum absolute atomic E-state index is 15.1. The van der Waals surface area contributed by atoms with E-state index in [1.54, 1.807) is 43.9 Å². The van der Waals surface area contributed by atoms with Gasteiger partial charge in [0.1, 0.15) is 81.8 Å². The highest BCUT2D eigenvalue weighted by Gasteiger charge is 2.63. The van der Waals surface area contributed by atoms with Crippen molar-refractivity contribution in [1.82, 2.24) is 70.8 Å². The van der Waals surface area contributed by atoms with Crippen molar-refractivity contribution in [2.45, 2.75) is 258 Å². The van der Waals surface area contributed by atoms with Crippen molar-refractivity contribution in [3.63, 3.8) is 0 Å². The lowest BCUT2D eigenvalue weighted by molar-refractivity contribution is -0.146. The molecule has 12 atom stereocenters. The highest BCUT2D eigenvalue weighted by atomic mass is 32.2. The van der Waals surface area contributed by atoms with Gasteiger partial charge in [-0.25, -0.2) is 47.5 Å². The second-order valence-electron chi connectivity index (χ2n) is 38.0. The van der Waals surface area contributed by atoms with Crippen LogP contribution in [-0.4, -0.2) is 230 Å². The Morgan fingerprint density at radius 3 is 1.52 bits per heavy atom. The number of pyridine rings is 2. The minimum atomic E-state index is -3.72. The third-order valence-electron chi connectivity index (χ3n) is 28.0. The minimum Gasteiger partial charge on any atom is -0.497 e. The van der Waals surface area contributed by atoms with Gasteiger partial charge < -0.3 is 86.4 Å². The topological polar surface area (TPSA) is 426 Å². The summed E-state index contributed by atoms with van der Waals surface area (Å²) in [4.78, 5) is 152. The van der Waals surface area contributed by atoms with E-state index in [0.29, 0.717) is 117 Å². The number of methoxy groups -OCH3 is 2. The minimum absolute atomic E-state index is 0.00215. The normalized spacial score (nSPS) is 25.9. The molecule has 3 aromatic carbocycles. The van der Waals surface area contributed by atoms with Gasteiger partial charge in [-0.1, -0.05) is 93.9 Å². The maximum Gasteiger partial charge on any atom is 0.330 e. The number of rotatable bonds is 24. The fourth-order valence-electron chi connectivity index (χ4n) is 20.2. The van der Waals surface area contributed by atoms with Crippen molar-refractivity contribution in [2.75, 3.05) is 57.6 Å². The molecule has 9 amide bonds. The molecule has 2 unspecified atom stereocenters. The number of nitrogens with one attached hydrogen (secondary N) is 8. The van der Waals surface area contributed by atoms with Gasteiger partial charge >= 0.3 is 24.0 Å². The van der Waals surface area contributed by atoms with Gasteiger partial charge in [-0.05, 0) is 170 Å². The number of allylic oxidation sites excluding steroid dienone is 2. The van der Waals surface area contributed by atoms with Crippen molar-refractivity contribution in [3.8, 4) is 45.8 Å². The van der Waals surface area contributed by atoms with Gasteiger partial charge in [0.25, 0.3) is 5.91 Å². The summed E-state index contributed by atoms with van der Waals surface area (Å²) in [6.45, 7) is 9.36. The molecule has 33 nitrogen and oxygen atoms in total. The number of carboxylic acid groups (broad SMARTS) is 2. The Balaban J connectivity index is 0.000000188. The number of carbonyl (C=O) groups excluding carboxylic acids is 7. The van der Waals surface area contributed by atoms with Gasteiger partial charge in [0.05, 0.1) is 60.7 Å². The van der Waals surface area contributed by atoms with E-state index in [2.05, 4.69) is 42.5 Å². The van der Waals surface area contributed by atoms with Crippen molar-refractivity contribution in [1.29, 1.82) is 0 Å². The van der Waals surface area contributed by atoms with E-state index in [1.165, 1.54) is 48.1 Å². The van der Waals surface area contributed by atoms with Gasteiger partial charge in [-0.3, -0.25) is 24.0 Å². The summed E-state index contributed by atoms with van der Waals surface area (Å²) in [6.07, 6.45) is 21.5. The van der Waals surface area contributed by atoms with Gasteiger partial charge in [-0.2, -0.15) is 4.31 Å². The standard InChI is InChI=1S/C50H60N8O8S.C48H60N8O9S3/c1-29(2)51-49-55-41(28-67-49)39-24-43(36-19-18-33(65-3)22-38(36)52-39)66-34-23-42-44(59)56-50(47(62)63)25-32(50)15-7-5-4-6-8-17-37(46(61)58(42)26-34)53-48(64)54-40(31-13-11-14-31)27-57-21-20-30-12-9-10-16-35(30)45(57)60;1-28(2)49-47-53-38(27-67-47)36-22-40(33-17-16-31(64-3)20-35(33)50-36)65-32-21-39-43(57)54-48(45(59)60)23-30(48)14-10-5-4-6-11-15-34(44(58)56(39)24-32)51-46(61)52-37(29-12-8-7-9-13-29)25-55-26-41-42(18-19-66-41)68(55,62)63/h7,9-10,12,15-16,18-19,22,24,28-29,31-32,34,37,40,42H,4-6,8,11,13-14,17,20-21,23,25-27H2,1-3H3,(H,51,55)(H,56,59)(H,62,63)(H2,53,54,64);10,14,16-20,22,27-30,32,34,37,39H,4-9,11-13,15,21,23-26H2,1-3H3,(H,49,53)(H,54,57)(H,59,60)(H2,51,52,61)/b15-7-;14-10-/t32?,34-,37+,40-,42+,50-;30?,32-,34+,37-,39+,48-/m11/s1. The molecule has 0 radical (unpaired) electrons. The molecule has 6 fully saturated rings. The number of anilines is 2. The summed E-state index contributed by atoms with van der Waals surface area (Å²) < 4.78 is 53.3. The number of carbonyl (C=O) groups is 9. The van der Waals surface area contributed by atoms with E-state index in [-0.39, 0.29) is 100 Å². The zero-order chi connectivity index (χ0) is 94.6. The molecular formula is C98H120N16O17S4. The van der Waals surface area contributed by atoms with E-state index in [0.717, 1.165) is 111 Å². The first kappa shape index (κ1) is 95.2. The van der Waals surface area contributed by atoms with Crippen LogP contribution in [0, 0.1) is 23.7 Å². The second-order valence-corrected chi connectivity index (χ2v) is 42.6. The van der Waals surface area contributed by atoms with Gasteiger partial charge in [0, 0.05) is 125 Å². The molecule has 2 saturated heterocycles. The van der Waals surface area contributed by atoms with E-state index in [4.69, 9.17) is 38.9 Å². The Morgan fingerprint density at radius 2 is 1.04 bits per heavy atom. The Hall–Kier alpha value is -11.5. The number of thiophene rings is 1. The zero-order valence-electron chi connectivity index (χ0n) is 76.9. The quantitative estimate of drug-likeness (QED) is 0.0251. The number of hydrogen-bond acceptors (Lipinski definition) is 24. The molecule has 0 bridgehead atoms. The lowest BCUT2D eigenvalue weighted by Gasteiger charge is -2.39. The van der Waals surface area contributed by atoms with Crippen molar-refractivity contribution >= 4 is 130 Å². The monoisotopic (exact) mass is 1920 g/mol. The Kier molecular flexibility index (Phi) is 29.0. The average Bonchev–Trinajstić information content (AvgIpc) is 1.59. The van der Waals surface area contributed by atoms with Crippen LogP contribution in [0.4, 0.5) is 19.9 Å². The first-order valence-electron chi connectivity index (χ1n) is 47.5. The molecule has 37 heteroatoms. The van der Waals surface area contributed by atoms with Crippen molar-refractivity contribution < 1.29 is 80.7 Å². The van der Waals surface area contributed by atoms with Crippen LogP contribution in [0.15, 0.2) is 124 Å². The van der Waals surface area contributed by atoms with Crippen LogP contribution in [0.25, 0.3) is 44.6 Å². The van der Waals surface area contributed by atoms with Crippen molar-refractivity contribution in [3.05, 3.63) is 135 Å². The first-order chi connectivity index (χ1) is 65.1. The van der Waals surface area contributed by atoms with E-state index in [9.17, 15) is 52.2 Å². The molecule has 135 heavy (non-hydrogen) atoms. The Labute approximate surface area is 796 Å². The lowest BCUT2D eigenvalue weighted by Crippen LogP contribution is -2.59. The molecule has 4 saturated carbocycles. The number of ether oxygens (including phenoxy) is 4. The Morgan fingerprint density at radius 1 is 0.563 bits per heavy atom. The average molecular weight is 1920 g/mol. The predicted octanol–water partition coefficient (Wildman–Crippen LogP) is 13.4. The lowest BCUT2D eigenvalue weighted by atomic mass is 9.79. The summed E-state index contributed by atoms with van der Waals surface area (Å²) in [7, 11) is -0.568. The molecule has 0 spiro atoms. The number of thiazole rings is 2. The number of nitrogens with zero attached hydrogens (tertiary/aromatic N) is 8. The molecule has 11 heterocycles. The summed E-state index contributed by atoms with van der Waals surface area (Å²) in [5.41, 5.74) is 2.28. The highest BCUT2D eigenvalue weighted by Crippen LogP contribution is 2.49. The van der Waals surface area contributed by atoms with Crippen LogP contribution in [0.5, 0.6) is 23.0 Å². The molecule has 718 valence electrons. The summed E-state index contributed by atoms with van der Waals surface area (Å²) in [6, 6.07) is 17.9. The van der Waals surface area contributed by atoms with Gasteiger partial charge in [0.2, 0.25) is 33.7 Å². The third kappa shape index (κ3) is 21.4. The van der Waals surface area contributed by atoms with Crippen LogP contribution in [0.2, 0.25) is 0 Å². The molecule has 5 aromatic heterocycles. The van der Waals surface area contributed by atoms with Crippen LogP contribution >= 0.6 is 34.0 Å². The highest BCUT2D eigenvalue weighted by molar-refractivity contribution is 7.89. The number of hydrogen-bond donors (Lipinski definition) is 10. The summed E-state index contributed by atoms with van der Waals surface area (Å²) in [5, 5.41) is 53.9. The van der Waals surface area contributed by atoms with E-state index >= 15 is 9.59 Å². The predicted molar refractivity (Wildman–Crippen MR) is 513 cm³/mol. The maximum atomic E-state index is 15.1. The molecule has 4 aliphatic carbocycles. The van der Waals surface area contributed by atoms with Crippen LogP contribution in [-0.2, 0) is 51.8 Å². The third-order valence-corrected chi connectivity index (χ3v) is 32.5. The number of carboxylic acids is 2. The van der Waals surface area contributed by atoms with Gasteiger partial charge in [0.15, 0.2) is 10.3 Å². The fourth-order valence-corrected chi connectivity index (χ4v) is 24.8. The largest absolute Gasteiger partial charge is 0.497 e. The summed E-state index contributed by atoms with van der Waals surface area (Å²) >= 11 is 4.32.